The lowest BCUT2D eigenvalue weighted by molar-refractivity contribution is 0.156. The van der Waals surface area contributed by atoms with E-state index in [9.17, 15) is 5.11 Å². The van der Waals surface area contributed by atoms with Crippen molar-refractivity contribution < 1.29 is 9.52 Å². The van der Waals surface area contributed by atoms with Gasteiger partial charge in [0.2, 0.25) is 0 Å². The Morgan fingerprint density at radius 2 is 2.39 bits per heavy atom. The van der Waals surface area contributed by atoms with E-state index in [2.05, 4.69) is 19.2 Å². The molecule has 1 saturated carbocycles. The summed E-state index contributed by atoms with van der Waals surface area (Å²) in [7, 11) is 0. The number of thioether (sulfide) groups is 1. The monoisotopic (exact) mass is 269 g/mol. The summed E-state index contributed by atoms with van der Waals surface area (Å²) in [5.41, 5.74) is -0.0799. The fraction of sp³-hybridized carbons (Fsp3) is 0.714. The SMILES string of the molecule is Cc1occc1SC1CCC(CO)(NC(C)C)C1. The van der Waals surface area contributed by atoms with E-state index < -0.39 is 0 Å². The zero-order valence-electron chi connectivity index (χ0n) is 11.4. The highest BCUT2D eigenvalue weighted by Gasteiger charge is 2.39. The number of aryl methyl sites for hydroxylation is 1. The fourth-order valence-corrected chi connectivity index (χ4v) is 4.13. The first-order chi connectivity index (χ1) is 8.54. The molecule has 0 bridgehead atoms. The van der Waals surface area contributed by atoms with Crippen LogP contribution in [0.2, 0.25) is 0 Å². The van der Waals surface area contributed by atoms with Crippen LogP contribution in [0.25, 0.3) is 0 Å². The summed E-state index contributed by atoms with van der Waals surface area (Å²) in [6.07, 6.45) is 4.97. The minimum Gasteiger partial charge on any atom is -0.468 e. The molecule has 1 heterocycles. The Balaban J connectivity index is 1.96. The minimum atomic E-state index is -0.0799. The number of hydrogen-bond donors (Lipinski definition) is 2. The van der Waals surface area contributed by atoms with Gasteiger partial charge in [0.25, 0.3) is 0 Å². The first kappa shape index (κ1) is 14.0. The van der Waals surface area contributed by atoms with Gasteiger partial charge in [0.15, 0.2) is 0 Å². The molecule has 1 aliphatic rings. The second-order valence-corrected chi connectivity index (χ2v) is 6.90. The molecule has 2 unspecified atom stereocenters. The van der Waals surface area contributed by atoms with Crippen molar-refractivity contribution >= 4 is 11.8 Å². The molecule has 3 nitrogen and oxygen atoms in total. The van der Waals surface area contributed by atoms with Gasteiger partial charge >= 0.3 is 0 Å². The van der Waals surface area contributed by atoms with Crippen LogP contribution in [0.5, 0.6) is 0 Å². The number of hydrogen-bond acceptors (Lipinski definition) is 4. The molecule has 2 N–H and O–H groups in total. The third-order valence-corrected chi connectivity index (χ3v) is 4.98. The van der Waals surface area contributed by atoms with Gasteiger partial charge in [-0.1, -0.05) is 13.8 Å². The number of rotatable bonds is 5. The predicted octanol–water partition coefficient (Wildman–Crippen LogP) is 2.96. The molecule has 0 saturated heterocycles. The van der Waals surface area contributed by atoms with Crippen molar-refractivity contribution in [3.63, 3.8) is 0 Å². The summed E-state index contributed by atoms with van der Waals surface area (Å²) < 4.78 is 5.33. The molecule has 0 aromatic carbocycles. The first-order valence-corrected chi connectivity index (χ1v) is 7.52. The van der Waals surface area contributed by atoms with Crippen LogP contribution in [0.3, 0.4) is 0 Å². The van der Waals surface area contributed by atoms with Crippen LogP contribution in [-0.4, -0.2) is 28.5 Å². The summed E-state index contributed by atoms with van der Waals surface area (Å²) in [4.78, 5) is 1.23. The standard InChI is InChI=1S/C14H23NO2S/c1-10(2)15-14(9-16)6-4-12(8-14)18-13-5-7-17-11(13)3/h5,7,10,12,15-16H,4,6,8-9H2,1-3H3. The quantitative estimate of drug-likeness (QED) is 0.862. The van der Waals surface area contributed by atoms with Gasteiger partial charge in [-0.3, -0.25) is 0 Å². The van der Waals surface area contributed by atoms with E-state index in [0.717, 1.165) is 25.0 Å². The Kier molecular flexibility index (Phi) is 4.41. The van der Waals surface area contributed by atoms with Crippen molar-refractivity contribution in [2.45, 2.75) is 61.8 Å². The van der Waals surface area contributed by atoms with Crippen LogP contribution < -0.4 is 5.32 Å². The minimum absolute atomic E-state index is 0.0799. The Morgan fingerprint density at radius 1 is 1.61 bits per heavy atom. The van der Waals surface area contributed by atoms with E-state index >= 15 is 0 Å². The number of aliphatic hydroxyl groups is 1. The van der Waals surface area contributed by atoms with Gasteiger partial charge in [0.05, 0.1) is 12.9 Å². The van der Waals surface area contributed by atoms with Gasteiger partial charge in [0.1, 0.15) is 5.76 Å². The van der Waals surface area contributed by atoms with Crippen LogP contribution in [0.1, 0.15) is 38.9 Å². The zero-order valence-corrected chi connectivity index (χ0v) is 12.2. The molecule has 0 spiro atoms. The highest BCUT2D eigenvalue weighted by Crippen LogP contribution is 2.41. The molecule has 1 fully saturated rings. The van der Waals surface area contributed by atoms with E-state index in [1.54, 1.807) is 6.26 Å². The van der Waals surface area contributed by atoms with Crippen molar-refractivity contribution in [1.29, 1.82) is 0 Å². The lowest BCUT2D eigenvalue weighted by Gasteiger charge is -2.31. The van der Waals surface area contributed by atoms with Gasteiger partial charge in [-0.2, -0.15) is 0 Å². The number of aliphatic hydroxyl groups excluding tert-OH is 1. The summed E-state index contributed by atoms with van der Waals surface area (Å²) in [5.74, 6) is 0.998. The van der Waals surface area contributed by atoms with Crippen molar-refractivity contribution in [1.82, 2.24) is 5.32 Å². The van der Waals surface area contributed by atoms with Gasteiger partial charge < -0.3 is 14.8 Å². The number of furan rings is 1. The van der Waals surface area contributed by atoms with Crippen LogP contribution in [0.4, 0.5) is 0 Å². The van der Waals surface area contributed by atoms with E-state index in [1.165, 1.54) is 4.90 Å². The van der Waals surface area contributed by atoms with E-state index in [4.69, 9.17) is 4.42 Å². The molecule has 2 rings (SSSR count). The molecule has 0 radical (unpaired) electrons. The van der Waals surface area contributed by atoms with Crippen LogP contribution in [0.15, 0.2) is 21.6 Å². The van der Waals surface area contributed by atoms with E-state index in [0.29, 0.717) is 11.3 Å². The summed E-state index contributed by atoms with van der Waals surface area (Å²) in [6, 6.07) is 2.45. The maximum Gasteiger partial charge on any atom is 0.114 e. The molecular weight excluding hydrogens is 246 g/mol. The van der Waals surface area contributed by atoms with Crippen LogP contribution in [0, 0.1) is 6.92 Å². The third-order valence-electron chi connectivity index (χ3n) is 3.57. The summed E-state index contributed by atoms with van der Waals surface area (Å²) in [5, 5.41) is 13.8. The average Bonchev–Trinajstić information content (AvgIpc) is 2.88. The molecule has 102 valence electrons. The lowest BCUT2D eigenvalue weighted by atomic mass is 9.98. The third kappa shape index (κ3) is 3.11. The van der Waals surface area contributed by atoms with Gasteiger partial charge in [-0.25, -0.2) is 0 Å². The maximum atomic E-state index is 9.67. The highest BCUT2D eigenvalue weighted by atomic mass is 32.2. The first-order valence-electron chi connectivity index (χ1n) is 6.64. The van der Waals surface area contributed by atoms with E-state index in [-0.39, 0.29) is 12.1 Å². The van der Waals surface area contributed by atoms with Gasteiger partial charge in [-0.05, 0) is 32.3 Å². The second kappa shape index (κ2) is 5.68. The van der Waals surface area contributed by atoms with Crippen molar-refractivity contribution in [3.05, 3.63) is 18.1 Å². The van der Waals surface area contributed by atoms with Gasteiger partial charge in [-0.15, -0.1) is 11.8 Å². The molecule has 1 aliphatic carbocycles. The van der Waals surface area contributed by atoms with Crippen molar-refractivity contribution in [3.8, 4) is 0 Å². The average molecular weight is 269 g/mol. The molecule has 18 heavy (non-hydrogen) atoms. The predicted molar refractivity (Wildman–Crippen MR) is 75.0 cm³/mol. The number of nitrogens with one attached hydrogen (secondary N) is 1. The normalized spacial score (nSPS) is 28.2. The molecule has 1 aromatic heterocycles. The van der Waals surface area contributed by atoms with Crippen LogP contribution >= 0.6 is 11.8 Å². The molecular formula is C14H23NO2S. The largest absolute Gasteiger partial charge is 0.468 e. The maximum absolute atomic E-state index is 9.67. The fourth-order valence-electron chi connectivity index (χ4n) is 2.79. The van der Waals surface area contributed by atoms with E-state index in [1.807, 2.05) is 24.8 Å². The molecule has 0 aliphatic heterocycles. The smallest absolute Gasteiger partial charge is 0.114 e. The Hall–Kier alpha value is -0.450. The van der Waals surface area contributed by atoms with Crippen molar-refractivity contribution in [2.75, 3.05) is 6.61 Å². The Morgan fingerprint density at radius 3 is 2.94 bits per heavy atom. The van der Waals surface area contributed by atoms with Crippen molar-refractivity contribution in [2.24, 2.45) is 0 Å². The lowest BCUT2D eigenvalue weighted by Crippen LogP contribution is -2.49. The van der Waals surface area contributed by atoms with Gasteiger partial charge in [0, 0.05) is 21.7 Å². The molecule has 0 amide bonds. The zero-order chi connectivity index (χ0) is 13.2. The Bertz CT molecular complexity index is 391. The topological polar surface area (TPSA) is 45.4 Å². The highest BCUT2D eigenvalue weighted by molar-refractivity contribution is 8.00. The Labute approximate surface area is 113 Å². The molecule has 4 heteroatoms. The summed E-state index contributed by atoms with van der Waals surface area (Å²) in [6.45, 7) is 6.51. The van der Waals surface area contributed by atoms with Crippen LogP contribution in [-0.2, 0) is 0 Å². The second-order valence-electron chi connectivity index (χ2n) is 5.56. The molecule has 2 atom stereocenters. The molecule has 1 aromatic rings. The summed E-state index contributed by atoms with van der Waals surface area (Å²) >= 11 is 1.88.